The summed E-state index contributed by atoms with van der Waals surface area (Å²) in [5.41, 5.74) is 0. The number of hydrogen-bond acceptors (Lipinski definition) is 0. The highest BCUT2D eigenvalue weighted by Gasteiger charge is 2.24. The molecule has 0 aliphatic heterocycles. The molecule has 1 aliphatic carbocycles. The van der Waals surface area contributed by atoms with Gasteiger partial charge in [-0.3, -0.25) is 0 Å². The average molecular weight is 170 g/mol. The number of hydrogen-bond donors (Lipinski definition) is 0. The van der Waals surface area contributed by atoms with Crippen molar-refractivity contribution in [1.82, 2.24) is 0 Å². The first kappa shape index (κ1) is 10.1. The van der Waals surface area contributed by atoms with Crippen LogP contribution in [-0.4, -0.2) is 0 Å². The summed E-state index contributed by atoms with van der Waals surface area (Å²) >= 11 is 0. The second-order valence-corrected chi connectivity index (χ2v) is 5.16. The van der Waals surface area contributed by atoms with Gasteiger partial charge in [0.1, 0.15) is 0 Å². The summed E-state index contributed by atoms with van der Waals surface area (Å²) in [7, 11) is 0. The monoisotopic (exact) mass is 170 g/mol. The zero-order valence-corrected chi connectivity index (χ0v) is 9.14. The summed E-state index contributed by atoms with van der Waals surface area (Å²) in [5.74, 6) is 3.89. The van der Waals surface area contributed by atoms with E-state index < -0.39 is 0 Å². The van der Waals surface area contributed by atoms with E-state index in [0.29, 0.717) is 0 Å². The van der Waals surface area contributed by atoms with Crippen LogP contribution in [0.5, 0.6) is 0 Å². The molecule has 0 radical (unpaired) electrons. The van der Waals surface area contributed by atoms with Gasteiger partial charge in [0, 0.05) is 1.43 Å². The van der Waals surface area contributed by atoms with Gasteiger partial charge in [-0.15, -0.1) is 0 Å². The average Bonchev–Trinajstić information content (AvgIpc) is 2.04. The maximum atomic E-state index is 2.38. The summed E-state index contributed by atoms with van der Waals surface area (Å²) < 4.78 is 0. The lowest BCUT2D eigenvalue weighted by molar-refractivity contribution is 0.189. The van der Waals surface area contributed by atoms with Crippen LogP contribution in [0.1, 0.15) is 54.8 Å². The van der Waals surface area contributed by atoms with Crippen LogP contribution in [0, 0.1) is 23.7 Å². The normalized spacial score (nSPS) is 31.5. The van der Waals surface area contributed by atoms with Gasteiger partial charge in [-0.25, -0.2) is 0 Å². The summed E-state index contributed by atoms with van der Waals surface area (Å²) in [6.07, 6.45) is 5.95. The van der Waals surface area contributed by atoms with Crippen molar-refractivity contribution in [3.05, 3.63) is 0 Å². The lowest BCUT2D eigenvalue weighted by atomic mass is 9.73. The van der Waals surface area contributed by atoms with Gasteiger partial charge in [0.05, 0.1) is 0 Å². The maximum absolute atomic E-state index is 2.38. The molecule has 0 N–H and O–H groups in total. The van der Waals surface area contributed by atoms with Crippen molar-refractivity contribution in [1.29, 1.82) is 0 Å². The van der Waals surface area contributed by atoms with Gasteiger partial charge in [-0.05, 0) is 49.4 Å². The van der Waals surface area contributed by atoms with Crippen LogP contribution in [0.25, 0.3) is 0 Å². The van der Waals surface area contributed by atoms with E-state index in [1.54, 1.807) is 0 Å². The Morgan fingerprint density at radius 2 is 1.00 bits per heavy atom. The fourth-order valence-electron chi connectivity index (χ4n) is 2.48. The topological polar surface area (TPSA) is 0 Å². The predicted octanol–water partition coefficient (Wildman–Crippen LogP) is 4.35. The Morgan fingerprint density at radius 1 is 0.750 bits per heavy atom. The van der Waals surface area contributed by atoms with Crippen molar-refractivity contribution in [3.63, 3.8) is 0 Å². The van der Waals surface area contributed by atoms with E-state index in [4.69, 9.17) is 0 Å². The third-order valence-corrected chi connectivity index (χ3v) is 3.70. The standard InChI is InChI=1S/C12H24.H2/c1-9(2)11-5-7-12(8-6-11)10(3)4;/h9-12H,5-8H2,1-4H3;1H. The second kappa shape index (κ2) is 4.30. The molecule has 0 aromatic rings. The Labute approximate surface area is 79.2 Å². The van der Waals surface area contributed by atoms with E-state index in [-0.39, 0.29) is 1.43 Å². The Morgan fingerprint density at radius 3 is 1.17 bits per heavy atom. The maximum Gasteiger partial charge on any atom is 0 e. The zero-order valence-electron chi connectivity index (χ0n) is 9.14. The van der Waals surface area contributed by atoms with Crippen molar-refractivity contribution in [2.45, 2.75) is 53.4 Å². The minimum absolute atomic E-state index is 0. The molecular weight excluding hydrogens is 144 g/mol. The van der Waals surface area contributed by atoms with Crippen LogP contribution in [0.4, 0.5) is 0 Å². The predicted molar refractivity (Wildman–Crippen MR) is 57.2 cm³/mol. The van der Waals surface area contributed by atoms with E-state index in [0.717, 1.165) is 23.7 Å². The summed E-state index contributed by atoms with van der Waals surface area (Å²) in [6, 6.07) is 0. The summed E-state index contributed by atoms with van der Waals surface area (Å²) in [4.78, 5) is 0. The molecule has 0 heteroatoms. The van der Waals surface area contributed by atoms with Gasteiger partial charge in [-0.2, -0.15) is 0 Å². The van der Waals surface area contributed by atoms with Gasteiger partial charge in [0.25, 0.3) is 0 Å². The fraction of sp³-hybridized carbons (Fsp3) is 1.00. The highest BCUT2D eigenvalue weighted by Crippen LogP contribution is 2.36. The highest BCUT2D eigenvalue weighted by atomic mass is 14.3. The highest BCUT2D eigenvalue weighted by molar-refractivity contribution is 4.75. The van der Waals surface area contributed by atoms with Crippen molar-refractivity contribution < 1.29 is 1.43 Å². The van der Waals surface area contributed by atoms with Crippen molar-refractivity contribution >= 4 is 0 Å². The molecule has 12 heavy (non-hydrogen) atoms. The van der Waals surface area contributed by atoms with Gasteiger partial charge >= 0.3 is 0 Å². The van der Waals surface area contributed by atoms with Crippen molar-refractivity contribution in [3.8, 4) is 0 Å². The first-order valence-electron chi connectivity index (χ1n) is 5.61. The van der Waals surface area contributed by atoms with Crippen molar-refractivity contribution in [2.75, 3.05) is 0 Å². The Balaban J connectivity index is 0.00000144. The SMILES string of the molecule is CC(C)C1CCC(C(C)C)CC1.[HH]. The smallest absolute Gasteiger partial charge is 0 e. The first-order chi connectivity index (χ1) is 5.61. The Kier molecular flexibility index (Phi) is 3.61. The third kappa shape index (κ3) is 2.50. The molecule has 1 saturated carbocycles. The Bertz CT molecular complexity index is 105. The molecule has 0 aromatic carbocycles. The van der Waals surface area contributed by atoms with E-state index in [1.165, 1.54) is 25.7 Å². The molecule has 74 valence electrons. The molecular formula is C12H26. The summed E-state index contributed by atoms with van der Waals surface area (Å²) in [6.45, 7) is 9.50. The molecule has 0 spiro atoms. The quantitative estimate of drug-likeness (QED) is 0.578. The van der Waals surface area contributed by atoms with Gasteiger partial charge < -0.3 is 0 Å². The lowest BCUT2D eigenvalue weighted by Gasteiger charge is -2.32. The van der Waals surface area contributed by atoms with Gasteiger partial charge in [-0.1, -0.05) is 27.7 Å². The van der Waals surface area contributed by atoms with Crippen LogP contribution in [0.2, 0.25) is 0 Å². The molecule has 1 aliphatic rings. The Hall–Kier alpha value is 0. The minimum atomic E-state index is 0. The van der Waals surface area contributed by atoms with Crippen LogP contribution in [0.3, 0.4) is 0 Å². The minimum Gasteiger partial charge on any atom is -0.0625 e. The zero-order chi connectivity index (χ0) is 9.14. The van der Waals surface area contributed by atoms with Crippen LogP contribution >= 0.6 is 0 Å². The van der Waals surface area contributed by atoms with Crippen LogP contribution in [0.15, 0.2) is 0 Å². The molecule has 0 heterocycles. The molecule has 0 atom stereocenters. The molecule has 0 nitrogen and oxygen atoms in total. The fourth-order valence-corrected chi connectivity index (χ4v) is 2.48. The van der Waals surface area contributed by atoms with E-state index >= 15 is 0 Å². The van der Waals surface area contributed by atoms with Crippen molar-refractivity contribution in [2.24, 2.45) is 23.7 Å². The molecule has 0 bridgehead atoms. The second-order valence-electron chi connectivity index (χ2n) is 5.16. The third-order valence-electron chi connectivity index (χ3n) is 3.70. The molecule has 0 unspecified atom stereocenters. The molecule has 0 amide bonds. The van der Waals surface area contributed by atoms with Gasteiger partial charge in [0.2, 0.25) is 0 Å². The van der Waals surface area contributed by atoms with E-state index in [2.05, 4.69) is 27.7 Å². The summed E-state index contributed by atoms with van der Waals surface area (Å²) in [5, 5.41) is 0. The van der Waals surface area contributed by atoms with Gasteiger partial charge in [0.15, 0.2) is 0 Å². The lowest BCUT2D eigenvalue weighted by Crippen LogP contribution is -2.21. The molecule has 1 rings (SSSR count). The first-order valence-corrected chi connectivity index (χ1v) is 5.61. The molecule has 0 aromatic heterocycles. The number of rotatable bonds is 2. The molecule has 1 fully saturated rings. The molecule has 0 saturated heterocycles. The largest absolute Gasteiger partial charge is 0.0625 e. The van der Waals surface area contributed by atoms with E-state index in [1.807, 2.05) is 0 Å². The van der Waals surface area contributed by atoms with Crippen LogP contribution < -0.4 is 0 Å². The van der Waals surface area contributed by atoms with Crippen LogP contribution in [-0.2, 0) is 0 Å². The van der Waals surface area contributed by atoms with E-state index in [9.17, 15) is 0 Å².